The Labute approximate surface area is 344 Å². The molecule has 3 rings (SSSR count). The number of amides is 8. The van der Waals surface area contributed by atoms with Crippen molar-refractivity contribution in [3.63, 3.8) is 0 Å². The number of carbonyl (C=O) groups excluding carboxylic acids is 8. The molecule has 1 aromatic heterocycles. The first-order valence-corrected chi connectivity index (χ1v) is 19.5. The number of para-hydroxylation sites is 1. The molecular formula is C36H50N10O10S2. The van der Waals surface area contributed by atoms with Gasteiger partial charge in [-0.25, -0.2) is 4.79 Å². The molecule has 8 amide bonds. The molecule has 0 radical (unpaired) electrons. The third-order valence-electron chi connectivity index (χ3n) is 8.93. The Kier molecular flexibility index (Phi) is 18.0. The Morgan fingerprint density at radius 3 is 2.12 bits per heavy atom. The van der Waals surface area contributed by atoms with E-state index in [4.69, 9.17) is 5.73 Å². The first-order chi connectivity index (χ1) is 27.5. The lowest BCUT2D eigenvalue weighted by molar-refractivity contribution is -0.142. The maximum Gasteiger partial charge on any atom is 0.327 e. The van der Waals surface area contributed by atoms with Crippen LogP contribution in [0.15, 0.2) is 42.6 Å². The quantitative estimate of drug-likeness (QED) is 0.0437. The van der Waals surface area contributed by atoms with Crippen molar-refractivity contribution >= 4 is 89.4 Å². The fourth-order valence-corrected chi connectivity index (χ4v) is 6.25. The van der Waals surface area contributed by atoms with Crippen molar-refractivity contribution in [1.29, 1.82) is 0 Å². The van der Waals surface area contributed by atoms with E-state index in [-0.39, 0.29) is 31.0 Å². The fraction of sp³-hybridized carbons (Fsp3) is 0.472. The summed E-state index contributed by atoms with van der Waals surface area (Å²) in [6.45, 7) is 3.12. The number of aromatic nitrogens is 1. The van der Waals surface area contributed by atoms with E-state index in [2.05, 4.69) is 67.5 Å². The van der Waals surface area contributed by atoms with Crippen LogP contribution in [0.1, 0.15) is 26.3 Å². The van der Waals surface area contributed by atoms with E-state index in [0.29, 0.717) is 5.56 Å². The van der Waals surface area contributed by atoms with Crippen LogP contribution >= 0.6 is 25.3 Å². The second-order valence-corrected chi connectivity index (χ2v) is 14.3. The molecule has 6 atom stereocenters. The number of fused-ring (bicyclic) bond motifs is 1. The minimum atomic E-state index is -1.30. The van der Waals surface area contributed by atoms with E-state index in [1.165, 1.54) is 17.9 Å². The first-order valence-electron chi connectivity index (χ1n) is 18.2. The molecule has 11 N–H and O–H groups in total. The van der Waals surface area contributed by atoms with Gasteiger partial charge in [0, 0.05) is 41.6 Å². The van der Waals surface area contributed by atoms with Gasteiger partial charge in [-0.3, -0.25) is 38.4 Å². The summed E-state index contributed by atoms with van der Waals surface area (Å²) in [7, 11) is 0. The van der Waals surface area contributed by atoms with Gasteiger partial charge in [0.15, 0.2) is 0 Å². The van der Waals surface area contributed by atoms with Gasteiger partial charge in [-0.15, -0.1) is 0 Å². The van der Waals surface area contributed by atoms with Crippen molar-refractivity contribution in [3.8, 4) is 0 Å². The second-order valence-electron chi connectivity index (χ2n) is 13.6. The Balaban J connectivity index is 1.61. The molecule has 1 aliphatic rings. The standard InChI is InChI=1S/C36H50N10O10S2/c1-18(2)30(34(53)44-25(17-58)36(55)56)45-31(50)19(3)41-29(49)15-39-28(48)14-40-32(51)23(11-20-13-38-22-8-5-4-7-21(20)22)43-33(52)26-9-6-10-46(26)35(54)24(16-57)42-27(47)12-37/h4-9,13,18-19,23-26,30,38,57-58H,10-12,14-17,37H2,1-3H3,(H,39,48)(H,40,51)(H,41,49)(H,42,47)(H,43,52)(H,44,53)(H,45,50)(H,55,56). The van der Waals surface area contributed by atoms with Gasteiger partial charge >= 0.3 is 5.97 Å². The van der Waals surface area contributed by atoms with E-state index in [9.17, 15) is 48.3 Å². The molecule has 0 spiro atoms. The SMILES string of the molecule is CC(NC(=O)CNC(=O)CNC(=O)C(Cc1c[nH]c2ccccc12)NC(=O)C1C=CCN1C(=O)C(CS)NC(=O)CN)C(=O)NC(C(=O)NC(CS)C(=O)O)C(C)C. The molecule has 2 heterocycles. The zero-order chi connectivity index (χ0) is 43.1. The highest BCUT2D eigenvalue weighted by Gasteiger charge is 2.36. The first kappa shape index (κ1) is 46.8. The summed E-state index contributed by atoms with van der Waals surface area (Å²) >= 11 is 8.06. The van der Waals surface area contributed by atoms with Crippen molar-refractivity contribution in [2.24, 2.45) is 11.7 Å². The summed E-state index contributed by atoms with van der Waals surface area (Å²) in [5, 5.41) is 27.1. The number of carboxylic acid groups (broad SMARTS) is 1. The molecule has 0 aliphatic carbocycles. The molecule has 0 bridgehead atoms. The highest BCUT2D eigenvalue weighted by Crippen LogP contribution is 2.20. The topological polar surface area (TPSA) is 303 Å². The van der Waals surface area contributed by atoms with Crippen LogP contribution in [0.4, 0.5) is 0 Å². The van der Waals surface area contributed by atoms with Crippen LogP contribution in [0.5, 0.6) is 0 Å². The van der Waals surface area contributed by atoms with Gasteiger partial charge in [0.2, 0.25) is 47.3 Å². The molecule has 1 aromatic carbocycles. The number of carboxylic acids is 1. The maximum absolute atomic E-state index is 13.6. The second kappa shape index (κ2) is 22.4. The minimum absolute atomic E-state index is 0.0174. The lowest BCUT2D eigenvalue weighted by Crippen LogP contribution is -2.58. The molecule has 6 unspecified atom stereocenters. The third-order valence-corrected chi connectivity index (χ3v) is 9.66. The Bertz CT molecular complexity index is 1890. The molecule has 58 heavy (non-hydrogen) atoms. The van der Waals surface area contributed by atoms with Crippen molar-refractivity contribution in [2.75, 3.05) is 37.7 Å². The molecule has 0 fully saturated rings. The molecule has 1 aliphatic heterocycles. The molecule has 0 saturated carbocycles. The lowest BCUT2D eigenvalue weighted by Gasteiger charge is -2.29. The van der Waals surface area contributed by atoms with Gasteiger partial charge in [-0.2, -0.15) is 25.3 Å². The van der Waals surface area contributed by atoms with E-state index in [1.807, 2.05) is 18.2 Å². The number of H-pyrrole nitrogens is 1. The highest BCUT2D eigenvalue weighted by atomic mass is 32.1. The average molecular weight is 847 g/mol. The van der Waals surface area contributed by atoms with Crippen molar-refractivity contribution in [3.05, 3.63) is 48.2 Å². The third kappa shape index (κ3) is 13.2. The zero-order valence-electron chi connectivity index (χ0n) is 32.1. The average Bonchev–Trinajstić information content (AvgIpc) is 3.86. The predicted octanol–water partition coefficient (Wildman–Crippen LogP) is -3.29. The molecule has 2 aromatic rings. The van der Waals surface area contributed by atoms with E-state index in [1.54, 1.807) is 32.2 Å². The van der Waals surface area contributed by atoms with Gasteiger partial charge in [-0.05, 0) is 24.5 Å². The number of aliphatic carboxylic acids is 1. The molecule has 22 heteroatoms. The lowest BCUT2D eigenvalue weighted by atomic mass is 10.0. The largest absolute Gasteiger partial charge is 0.480 e. The van der Waals surface area contributed by atoms with Crippen LogP contribution in [-0.4, -0.2) is 142 Å². The monoisotopic (exact) mass is 846 g/mol. The molecule has 316 valence electrons. The van der Waals surface area contributed by atoms with Crippen molar-refractivity contribution < 1.29 is 48.3 Å². The number of nitrogens with zero attached hydrogens (tertiary/aromatic N) is 1. The zero-order valence-corrected chi connectivity index (χ0v) is 33.9. The van der Waals surface area contributed by atoms with Crippen LogP contribution in [0.25, 0.3) is 10.9 Å². The minimum Gasteiger partial charge on any atom is -0.480 e. The normalized spacial score (nSPS) is 16.0. The predicted molar refractivity (Wildman–Crippen MR) is 217 cm³/mol. The summed E-state index contributed by atoms with van der Waals surface area (Å²) in [5.74, 6) is -7.66. The number of thiol groups is 2. The van der Waals surface area contributed by atoms with Gasteiger partial charge < -0.3 is 57.9 Å². The van der Waals surface area contributed by atoms with Gasteiger partial charge in [0.25, 0.3) is 0 Å². The number of aromatic amines is 1. The number of nitrogens with one attached hydrogen (secondary N) is 8. The maximum atomic E-state index is 13.6. The number of hydrogen-bond acceptors (Lipinski definition) is 12. The number of hydrogen-bond donors (Lipinski definition) is 12. The van der Waals surface area contributed by atoms with Crippen LogP contribution in [0.2, 0.25) is 0 Å². The molecule has 20 nitrogen and oxygen atoms in total. The van der Waals surface area contributed by atoms with E-state index < -0.39 is 108 Å². The summed E-state index contributed by atoms with van der Waals surface area (Å²) in [5.41, 5.74) is 6.82. The molecule has 0 saturated heterocycles. The number of rotatable bonds is 21. The number of carbonyl (C=O) groups is 9. The van der Waals surface area contributed by atoms with E-state index in [0.717, 1.165) is 10.9 Å². The summed E-state index contributed by atoms with van der Waals surface area (Å²) in [6.07, 6.45) is 4.74. The number of nitrogens with two attached hydrogens (primary N) is 1. The Hall–Kier alpha value is -5.61. The fourth-order valence-electron chi connectivity index (χ4n) is 5.75. The smallest absolute Gasteiger partial charge is 0.327 e. The molecular weight excluding hydrogens is 797 g/mol. The summed E-state index contributed by atoms with van der Waals surface area (Å²) in [4.78, 5) is 119. The number of benzene rings is 1. The van der Waals surface area contributed by atoms with Gasteiger partial charge in [0.05, 0.1) is 19.6 Å². The van der Waals surface area contributed by atoms with Gasteiger partial charge in [0.1, 0.15) is 36.3 Å². The van der Waals surface area contributed by atoms with Crippen LogP contribution in [0, 0.1) is 5.92 Å². The summed E-state index contributed by atoms with van der Waals surface area (Å²) < 4.78 is 0. The van der Waals surface area contributed by atoms with Crippen LogP contribution in [0.3, 0.4) is 0 Å². The Morgan fingerprint density at radius 1 is 0.810 bits per heavy atom. The van der Waals surface area contributed by atoms with E-state index >= 15 is 0 Å². The van der Waals surface area contributed by atoms with Crippen molar-refractivity contribution in [2.45, 2.75) is 63.4 Å². The Morgan fingerprint density at radius 2 is 1.48 bits per heavy atom. The van der Waals surface area contributed by atoms with Crippen LogP contribution in [-0.2, 0) is 49.6 Å². The highest BCUT2D eigenvalue weighted by molar-refractivity contribution is 7.80. The van der Waals surface area contributed by atoms with Crippen LogP contribution < -0.4 is 43.0 Å². The van der Waals surface area contributed by atoms with Gasteiger partial charge in [-0.1, -0.05) is 44.2 Å². The summed E-state index contributed by atoms with van der Waals surface area (Å²) in [6, 6.07) is 0.283. The van der Waals surface area contributed by atoms with Crippen molar-refractivity contribution in [1.82, 2.24) is 47.1 Å².